The maximum atomic E-state index is 12.7. The van der Waals surface area contributed by atoms with Crippen molar-refractivity contribution in [3.8, 4) is 0 Å². The molecule has 250 valence electrons. The lowest BCUT2D eigenvalue weighted by atomic mass is 9.47. The number of aliphatic hydroxyl groups is 2. The first-order chi connectivity index (χ1) is 20.5. The molecule has 2 saturated heterocycles. The minimum atomic E-state index is -1.29. The molecule has 0 amide bonds. The van der Waals surface area contributed by atoms with Crippen LogP contribution in [0.4, 0.5) is 0 Å². The molecule has 6 aliphatic rings. The van der Waals surface area contributed by atoms with Gasteiger partial charge in [0.25, 0.3) is 0 Å². The van der Waals surface area contributed by atoms with Crippen LogP contribution in [0.2, 0.25) is 0 Å². The van der Waals surface area contributed by atoms with Crippen LogP contribution >= 0.6 is 0 Å². The molecule has 6 rings (SSSR count). The summed E-state index contributed by atoms with van der Waals surface area (Å²) in [5, 5.41) is 26.4. The van der Waals surface area contributed by atoms with Gasteiger partial charge in [-0.15, -0.1) is 0 Å². The zero-order chi connectivity index (χ0) is 32.0. The van der Waals surface area contributed by atoms with E-state index in [1.54, 1.807) is 13.8 Å². The predicted octanol–water partition coefficient (Wildman–Crippen LogP) is 3.71. The Morgan fingerprint density at radius 2 is 1.86 bits per heavy atom. The average Bonchev–Trinajstić information content (AvgIpc) is 3.53. The van der Waals surface area contributed by atoms with Crippen LogP contribution in [0.5, 0.6) is 0 Å². The molecule has 44 heavy (non-hydrogen) atoms. The summed E-state index contributed by atoms with van der Waals surface area (Å²) in [5.41, 5.74) is 5.58. The van der Waals surface area contributed by atoms with Crippen LogP contribution in [0.15, 0.2) is 0 Å². The monoisotopic (exact) mass is 618 g/mol. The van der Waals surface area contributed by atoms with Gasteiger partial charge in [-0.1, -0.05) is 34.1 Å². The van der Waals surface area contributed by atoms with Crippen LogP contribution in [-0.4, -0.2) is 76.9 Å². The summed E-state index contributed by atoms with van der Waals surface area (Å²) in [6.07, 6.45) is 6.26. The third-order valence-corrected chi connectivity index (χ3v) is 13.9. The third kappa shape index (κ3) is 4.72. The van der Waals surface area contributed by atoms with Crippen molar-refractivity contribution in [2.75, 3.05) is 13.1 Å². The zero-order valence-corrected chi connectivity index (χ0v) is 28.1. The van der Waals surface area contributed by atoms with Gasteiger partial charge in [-0.25, -0.2) is 0 Å². The van der Waals surface area contributed by atoms with Crippen LogP contribution in [0.25, 0.3) is 0 Å². The number of ether oxygens (including phenoxy) is 3. The maximum Gasteiger partial charge on any atom is 0.311 e. The minimum absolute atomic E-state index is 0.0155. The molecule has 9 heteroatoms. The van der Waals surface area contributed by atoms with E-state index in [1.807, 2.05) is 0 Å². The smallest absolute Gasteiger partial charge is 0.311 e. The van der Waals surface area contributed by atoms with E-state index in [2.05, 4.69) is 33.0 Å². The Bertz CT molecular complexity index is 1140. The molecule has 1 spiro atoms. The van der Waals surface area contributed by atoms with Gasteiger partial charge in [-0.05, 0) is 105 Å². The number of aliphatic hydroxyl groups excluding tert-OH is 1. The molecule has 2 aliphatic heterocycles. The quantitative estimate of drug-likeness (QED) is 0.285. The number of nitrogens with one attached hydrogen (secondary N) is 1. The van der Waals surface area contributed by atoms with Crippen molar-refractivity contribution < 1.29 is 34.0 Å². The first kappa shape index (κ1) is 32.7. The van der Waals surface area contributed by atoms with E-state index in [1.165, 1.54) is 13.3 Å². The summed E-state index contributed by atoms with van der Waals surface area (Å²) >= 11 is 0. The van der Waals surface area contributed by atoms with Crippen molar-refractivity contribution in [3.05, 3.63) is 0 Å². The molecule has 0 bridgehead atoms. The van der Waals surface area contributed by atoms with Gasteiger partial charge in [-0.2, -0.15) is 0 Å². The first-order valence-corrected chi connectivity index (χ1v) is 17.4. The number of esters is 2. The van der Waals surface area contributed by atoms with Gasteiger partial charge in [0.05, 0.1) is 35.4 Å². The Balaban J connectivity index is 1.23. The summed E-state index contributed by atoms with van der Waals surface area (Å²) in [7, 11) is 0. The Hall–Kier alpha value is -1.26. The topological polar surface area (TPSA) is 140 Å². The van der Waals surface area contributed by atoms with E-state index < -0.39 is 41.5 Å². The average molecular weight is 619 g/mol. The van der Waals surface area contributed by atoms with Crippen LogP contribution in [0.3, 0.4) is 0 Å². The molecule has 5 N–H and O–H groups in total. The summed E-state index contributed by atoms with van der Waals surface area (Å²) in [5.74, 6) is 0.178. The number of rotatable bonds is 9. The number of nitrogens with two attached hydrogens (primary N) is 1. The van der Waals surface area contributed by atoms with Gasteiger partial charge in [0.2, 0.25) is 0 Å². The number of fused-ring (bicyclic) bond motifs is 4. The zero-order valence-electron chi connectivity index (χ0n) is 28.1. The molecule has 0 aromatic rings. The standard InChI is InChI=1S/C35H58N2O7/c1-19(2)23(44-30(40)22-16-37-17-22)10-12-33-11-8-9-25-34(33,18-33)14-13-32(7)26-20(3)15-24(29(31(5,6)41)42-21(4)38)43-27(26)28(39)35(25,32)36/h19-20,22-29,37,39,41H,8-18,36H2,1-7H3. The third-order valence-electron chi connectivity index (χ3n) is 13.9. The predicted molar refractivity (Wildman–Crippen MR) is 165 cm³/mol. The van der Waals surface area contributed by atoms with Crippen LogP contribution in [0.1, 0.15) is 106 Å². The highest BCUT2D eigenvalue weighted by atomic mass is 16.6. The lowest BCUT2D eigenvalue weighted by Crippen LogP contribution is -2.69. The molecule has 2 heterocycles. The molecular formula is C35H58N2O7. The lowest BCUT2D eigenvalue weighted by Gasteiger charge is -2.60. The molecule has 12 atom stereocenters. The minimum Gasteiger partial charge on any atom is -0.462 e. The summed E-state index contributed by atoms with van der Waals surface area (Å²) < 4.78 is 18.4. The van der Waals surface area contributed by atoms with E-state index in [0.29, 0.717) is 19.5 Å². The summed E-state index contributed by atoms with van der Waals surface area (Å²) in [6.45, 7) is 14.9. The Morgan fingerprint density at radius 3 is 2.45 bits per heavy atom. The van der Waals surface area contributed by atoms with E-state index in [4.69, 9.17) is 19.9 Å². The fourth-order valence-corrected chi connectivity index (χ4v) is 11.5. The molecule has 12 unspecified atom stereocenters. The highest BCUT2D eigenvalue weighted by Crippen LogP contribution is 2.83. The fraction of sp³-hybridized carbons (Fsp3) is 0.943. The molecule has 9 nitrogen and oxygen atoms in total. The van der Waals surface area contributed by atoms with Crippen molar-refractivity contribution in [1.82, 2.24) is 5.32 Å². The fourth-order valence-electron chi connectivity index (χ4n) is 11.5. The number of carbonyl (C=O) groups excluding carboxylic acids is 2. The Kier molecular flexibility index (Phi) is 8.09. The van der Waals surface area contributed by atoms with Gasteiger partial charge in [-0.3, -0.25) is 9.59 Å². The molecule has 6 fully saturated rings. The molecule has 4 aliphatic carbocycles. The summed E-state index contributed by atoms with van der Waals surface area (Å²) in [6, 6.07) is 0. The normalized spacial score (nSPS) is 46.1. The largest absolute Gasteiger partial charge is 0.462 e. The van der Waals surface area contributed by atoms with Crippen molar-refractivity contribution in [2.45, 2.75) is 148 Å². The van der Waals surface area contributed by atoms with Gasteiger partial charge in [0.1, 0.15) is 6.10 Å². The lowest BCUT2D eigenvalue weighted by molar-refractivity contribution is -0.216. The Labute approximate surface area is 263 Å². The van der Waals surface area contributed by atoms with E-state index >= 15 is 0 Å². The van der Waals surface area contributed by atoms with Gasteiger partial charge in [0, 0.05) is 20.0 Å². The Morgan fingerprint density at radius 1 is 1.16 bits per heavy atom. The second-order valence-electron chi connectivity index (χ2n) is 17.0. The van der Waals surface area contributed by atoms with Crippen molar-refractivity contribution in [2.24, 2.45) is 51.6 Å². The summed E-state index contributed by atoms with van der Waals surface area (Å²) in [4.78, 5) is 24.7. The second-order valence-corrected chi connectivity index (χ2v) is 17.0. The second kappa shape index (κ2) is 10.9. The van der Waals surface area contributed by atoms with Gasteiger partial charge >= 0.3 is 11.9 Å². The molecule has 0 radical (unpaired) electrons. The number of hydrogen-bond donors (Lipinski definition) is 4. The van der Waals surface area contributed by atoms with Crippen molar-refractivity contribution in [1.29, 1.82) is 0 Å². The highest BCUT2D eigenvalue weighted by molar-refractivity contribution is 5.74. The van der Waals surface area contributed by atoms with Crippen molar-refractivity contribution >= 4 is 11.9 Å². The van der Waals surface area contributed by atoms with Gasteiger partial charge < -0.3 is 35.5 Å². The molecular weight excluding hydrogens is 560 g/mol. The maximum absolute atomic E-state index is 12.7. The van der Waals surface area contributed by atoms with Crippen molar-refractivity contribution in [3.63, 3.8) is 0 Å². The molecule has 0 aromatic heterocycles. The molecule has 4 saturated carbocycles. The van der Waals surface area contributed by atoms with Gasteiger partial charge in [0.15, 0.2) is 6.10 Å². The molecule has 0 aromatic carbocycles. The van der Waals surface area contributed by atoms with Crippen LogP contribution in [-0.2, 0) is 23.8 Å². The first-order valence-electron chi connectivity index (χ1n) is 17.4. The number of carbonyl (C=O) groups is 2. The van der Waals surface area contributed by atoms with Crippen LogP contribution < -0.4 is 11.1 Å². The van der Waals surface area contributed by atoms with E-state index in [-0.39, 0.29) is 57.9 Å². The van der Waals surface area contributed by atoms with Crippen LogP contribution in [0, 0.1) is 45.8 Å². The van der Waals surface area contributed by atoms with E-state index in [9.17, 15) is 19.8 Å². The van der Waals surface area contributed by atoms with E-state index in [0.717, 1.165) is 44.9 Å². The SMILES string of the molecule is CC(=O)OC(C1CC(C)C2C(O1)C(O)C1(N)C3CCCC4(CCC(OC(=O)C5CNC5)C(C)C)CC34CCC21C)C(C)(C)O. The number of hydrogen-bond acceptors (Lipinski definition) is 9. The highest BCUT2D eigenvalue weighted by Gasteiger charge is 2.82.